The highest BCUT2D eigenvalue weighted by atomic mass is 16.5. The van der Waals surface area contributed by atoms with Crippen molar-refractivity contribution >= 4 is 0 Å². The zero-order chi connectivity index (χ0) is 13.3. The molecule has 2 aliphatic heterocycles. The van der Waals surface area contributed by atoms with Crippen LogP contribution in [0.4, 0.5) is 0 Å². The number of aliphatic hydroxyl groups is 1. The molecule has 0 aromatic heterocycles. The minimum atomic E-state index is -0.364. The molecule has 4 heteroatoms. The van der Waals surface area contributed by atoms with E-state index in [1.807, 2.05) is 0 Å². The first kappa shape index (κ1) is 13.8. The fourth-order valence-electron chi connectivity index (χ4n) is 4.26. The predicted molar refractivity (Wildman–Crippen MR) is 74.9 cm³/mol. The fraction of sp³-hybridized carbons (Fsp3) is 1.00. The van der Waals surface area contributed by atoms with E-state index < -0.39 is 0 Å². The van der Waals surface area contributed by atoms with E-state index in [-0.39, 0.29) is 11.0 Å². The molecule has 4 nitrogen and oxygen atoms in total. The topological polar surface area (TPSA) is 58.7 Å². The van der Waals surface area contributed by atoms with Crippen molar-refractivity contribution in [3.05, 3.63) is 0 Å². The zero-order valence-corrected chi connectivity index (χ0v) is 11.9. The molecule has 19 heavy (non-hydrogen) atoms. The Morgan fingerprint density at radius 3 is 2.89 bits per heavy atom. The van der Waals surface area contributed by atoms with E-state index >= 15 is 0 Å². The van der Waals surface area contributed by atoms with Crippen LogP contribution in [0.25, 0.3) is 0 Å². The summed E-state index contributed by atoms with van der Waals surface area (Å²) in [5, 5.41) is 10.7. The van der Waals surface area contributed by atoms with Gasteiger partial charge in [0, 0.05) is 44.1 Å². The van der Waals surface area contributed by atoms with E-state index in [9.17, 15) is 5.11 Å². The molecular weight excluding hydrogens is 240 g/mol. The molecule has 3 atom stereocenters. The van der Waals surface area contributed by atoms with Gasteiger partial charge in [0.1, 0.15) is 0 Å². The molecule has 0 aromatic carbocycles. The van der Waals surface area contributed by atoms with Gasteiger partial charge in [0.25, 0.3) is 0 Å². The normalized spacial score (nSPS) is 44.2. The maximum atomic E-state index is 10.7. The number of piperidine rings is 1. The quantitative estimate of drug-likeness (QED) is 0.801. The molecule has 0 spiro atoms. The van der Waals surface area contributed by atoms with Crippen molar-refractivity contribution in [2.45, 2.75) is 44.1 Å². The molecule has 3 N–H and O–H groups in total. The highest BCUT2D eigenvalue weighted by Crippen LogP contribution is 2.41. The number of hydrogen-bond donors (Lipinski definition) is 2. The minimum absolute atomic E-state index is 0.171. The maximum Gasteiger partial charge on any atom is 0.0700 e. The molecule has 0 amide bonds. The zero-order valence-electron chi connectivity index (χ0n) is 11.9. The summed E-state index contributed by atoms with van der Waals surface area (Å²) >= 11 is 0. The highest BCUT2D eigenvalue weighted by molar-refractivity contribution is 4.97. The number of ether oxygens (including phenoxy) is 1. The van der Waals surface area contributed by atoms with E-state index in [1.165, 1.54) is 19.3 Å². The van der Waals surface area contributed by atoms with Crippen LogP contribution in [-0.4, -0.2) is 55.0 Å². The second-order valence-electron chi connectivity index (χ2n) is 7.04. The average Bonchev–Trinajstić information content (AvgIpc) is 2.88. The summed E-state index contributed by atoms with van der Waals surface area (Å²) in [4.78, 5) is 2.53. The number of likely N-dealkylation sites (tertiary alicyclic amines) is 1. The maximum absolute atomic E-state index is 10.7. The van der Waals surface area contributed by atoms with Gasteiger partial charge >= 0.3 is 0 Å². The second-order valence-corrected chi connectivity index (χ2v) is 7.04. The molecule has 2 heterocycles. The van der Waals surface area contributed by atoms with Gasteiger partial charge in [0.15, 0.2) is 0 Å². The number of nitrogens with two attached hydrogens (primary N) is 1. The lowest BCUT2D eigenvalue weighted by molar-refractivity contribution is -0.100. The van der Waals surface area contributed by atoms with E-state index in [0.717, 1.165) is 58.7 Å². The van der Waals surface area contributed by atoms with Gasteiger partial charge in [-0.3, -0.25) is 0 Å². The molecule has 0 bridgehead atoms. The molecule has 0 aromatic rings. The van der Waals surface area contributed by atoms with Crippen molar-refractivity contribution in [3.8, 4) is 0 Å². The first-order valence-electron chi connectivity index (χ1n) is 7.88. The third-order valence-electron chi connectivity index (χ3n) is 5.69. The molecule has 1 saturated carbocycles. The van der Waals surface area contributed by atoms with Crippen molar-refractivity contribution in [1.29, 1.82) is 0 Å². The minimum Gasteiger partial charge on any atom is -0.390 e. The van der Waals surface area contributed by atoms with Crippen LogP contribution >= 0.6 is 0 Å². The Morgan fingerprint density at radius 2 is 2.16 bits per heavy atom. The van der Waals surface area contributed by atoms with Crippen LogP contribution in [0, 0.1) is 11.3 Å². The molecule has 0 radical (unpaired) electrons. The predicted octanol–water partition coefficient (Wildman–Crippen LogP) is 0.979. The summed E-state index contributed by atoms with van der Waals surface area (Å²) in [6.45, 7) is 5.52. The van der Waals surface area contributed by atoms with Crippen molar-refractivity contribution in [2.24, 2.45) is 17.1 Å². The molecule has 3 unspecified atom stereocenters. The monoisotopic (exact) mass is 268 g/mol. The lowest BCUT2D eigenvalue weighted by Gasteiger charge is -2.49. The molecule has 3 fully saturated rings. The van der Waals surface area contributed by atoms with Gasteiger partial charge in [-0.2, -0.15) is 0 Å². The largest absolute Gasteiger partial charge is 0.390 e. The van der Waals surface area contributed by atoms with Crippen LogP contribution in [-0.2, 0) is 4.74 Å². The van der Waals surface area contributed by atoms with Crippen molar-refractivity contribution in [1.82, 2.24) is 4.90 Å². The Kier molecular flexibility index (Phi) is 3.87. The number of nitrogens with zero attached hydrogens (tertiary/aromatic N) is 1. The number of fused-ring (bicyclic) bond motifs is 1. The van der Waals surface area contributed by atoms with E-state index in [4.69, 9.17) is 10.5 Å². The van der Waals surface area contributed by atoms with Gasteiger partial charge in [-0.15, -0.1) is 0 Å². The molecule has 3 aliphatic rings. The molecular formula is C15H28N2O2. The smallest absolute Gasteiger partial charge is 0.0700 e. The third-order valence-corrected chi connectivity index (χ3v) is 5.69. The van der Waals surface area contributed by atoms with Gasteiger partial charge in [-0.1, -0.05) is 12.8 Å². The summed E-state index contributed by atoms with van der Waals surface area (Å²) in [6.07, 6.45) is 6.73. The van der Waals surface area contributed by atoms with Crippen LogP contribution < -0.4 is 5.73 Å². The first-order chi connectivity index (χ1) is 9.16. The first-order valence-corrected chi connectivity index (χ1v) is 7.88. The van der Waals surface area contributed by atoms with Crippen molar-refractivity contribution in [2.75, 3.05) is 39.4 Å². The van der Waals surface area contributed by atoms with Gasteiger partial charge in [-0.05, 0) is 25.7 Å². The lowest BCUT2D eigenvalue weighted by Crippen LogP contribution is -2.56. The van der Waals surface area contributed by atoms with Crippen LogP contribution in [0.5, 0.6) is 0 Å². The van der Waals surface area contributed by atoms with Gasteiger partial charge < -0.3 is 20.5 Å². The van der Waals surface area contributed by atoms with Crippen LogP contribution in [0.3, 0.4) is 0 Å². The summed E-state index contributed by atoms with van der Waals surface area (Å²) < 4.78 is 5.56. The standard InChI is InChI=1S/C15H28N2O2/c16-10-14(6-8-19-12-14)11-17-7-5-15(18)4-2-1-3-13(15)9-17/h13,18H,1-12,16H2. The van der Waals surface area contributed by atoms with E-state index in [2.05, 4.69) is 4.90 Å². The van der Waals surface area contributed by atoms with E-state index in [1.54, 1.807) is 0 Å². The highest BCUT2D eigenvalue weighted by Gasteiger charge is 2.44. The van der Waals surface area contributed by atoms with Gasteiger partial charge in [0.05, 0.1) is 12.2 Å². The Morgan fingerprint density at radius 1 is 1.26 bits per heavy atom. The SMILES string of the molecule is NCC1(CN2CCC3(O)CCCCC3C2)CCOC1. The molecule has 110 valence electrons. The van der Waals surface area contributed by atoms with Gasteiger partial charge in [-0.25, -0.2) is 0 Å². The summed E-state index contributed by atoms with van der Waals surface area (Å²) in [5.41, 5.74) is 5.79. The van der Waals surface area contributed by atoms with Crippen molar-refractivity contribution < 1.29 is 9.84 Å². The summed E-state index contributed by atoms with van der Waals surface area (Å²) in [6, 6.07) is 0. The molecule has 3 rings (SSSR count). The van der Waals surface area contributed by atoms with Gasteiger partial charge in [0.2, 0.25) is 0 Å². The Hall–Kier alpha value is -0.160. The van der Waals surface area contributed by atoms with Crippen LogP contribution in [0.2, 0.25) is 0 Å². The van der Waals surface area contributed by atoms with Crippen molar-refractivity contribution in [3.63, 3.8) is 0 Å². The number of rotatable bonds is 3. The Balaban J connectivity index is 1.61. The summed E-state index contributed by atoms with van der Waals surface area (Å²) in [7, 11) is 0. The fourth-order valence-corrected chi connectivity index (χ4v) is 4.26. The lowest BCUT2D eigenvalue weighted by atomic mass is 9.71. The Bertz CT molecular complexity index is 317. The number of hydrogen-bond acceptors (Lipinski definition) is 4. The third kappa shape index (κ3) is 2.68. The molecule has 2 saturated heterocycles. The average molecular weight is 268 g/mol. The summed E-state index contributed by atoms with van der Waals surface area (Å²) in [5.74, 6) is 0.479. The second kappa shape index (κ2) is 5.32. The van der Waals surface area contributed by atoms with E-state index in [0.29, 0.717) is 5.92 Å². The Labute approximate surface area is 116 Å². The molecule has 1 aliphatic carbocycles. The van der Waals surface area contributed by atoms with Crippen LogP contribution in [0.1, 0.15) is 38.5 Å². The van der Waals surface area contributed by atoms with Crippen LogP contribution in [0.15, 0.2) is 0 Å².